The van der Waals surface area contributed by atoms with E-state index in [2.05, 4.69) is 64.4 Å². The lowest BCUT2D eigenvalue weighted by Gasteiger charge is -2.03. The van der Waals surface area contributed by atoms with Gasteiger partial charge in [0.05, 0.1) is 27.8 Å². The van der Waals surface area contributed by atoms with Gasteiger partial charge < -0.3 is 9.97 Å². The summed E-state index contributed by atoms with van der Waals surface area (Å²) in [6.07, 6.45) is 1.76. The molecule has 0 atom stereocenters. The Morgan fingerprint density at radius 1 is 0.611 bits per heavy atom. The summed E-state index contributed by atoms with van der Waals surface area (Å²) in [6, 6.07) is 29.0. The van der Waals surface area contributed by atoms with E-state index in [-0.39, 0.29) is 11.1 Å². The lowest BCUT2D eigenvalue weighted by Crippen LogP contribution is -2.14. The van der Waals surface area contributed by atoms with Crippen molar-refractivity contribution in [1.29, 1.82) is 0 Å². The molecule has 0 aliphatic carbocycles. The van der Waals surface area contributed by atoms with Crippen molar-refractivity contribution in [2.45, 2.75) is 20.2 Å². The van der Waals surface area contributed by atoms with E-state index in [0.717, 1.165) is 74.9 Å². The Hall–Kier alpha value is -6.01. The Labute approximate surface area is 320 Å². The molecular weight excluding hydrogens is 759 g/mol. The fraction of sp³-hybridized carbons (Fsp3) is 0.0541. The van der Waals surface area contributed by atoms with Crippen LogP contribution in [0.3, 0.4) is 0 Å². The third-order valence-electron chi connectivity index (χ3n) is 8.66. The molecule has 0 aliphatic rings. The molecule has 54 heavy (non-hydrogen) atoms. The highest BCUT2D eigenvalue weighted by Crippen LogP contribution is 2.33. The van der Waals surface area contributed by atoms with E-state index in [1.54, 1.807) is 53.2 Å². The minimum Gasteiger partial charge on any atom is -0.322 e. The number of nitrogens with zero attached hydrogens (tertiary/aromatic N) is 7. The molecule has 0 unspecified atom stereocenters. The van der Waals surface area contributed by atoms with Gasteiger partial charge in [-0.2, -0.15) is 9.36 Å². The molecule has 3 aromatic carbocycles. The van der Waals surface area contributed by atoms with Gasteiger partial charge in [-0.05, 0) is 47.5 Å². The summed E-state index contributed by atoms with van der Waals surface area (Å²) >= 11 is 6.24. The number of thioether (sulfide) groups is 2. The first-order valence-corrected chi connectivity index (χ1v) is 20.3. The molecule has 0 radical (unpaired) electrons. The van der Waals surface area contributed by atoms with Gasteiger partial charge in [0, 0.05) is 52.2 Å². The van der Waals surface area contributed by atoms with E-state index in [4.69, 9.17) is 4.98 Å². The fourth-order valence-corrected chi connectivity index (χ4v) is 9.67. The average molecular weight is 784 g/mol. The minimum atomic E-state index is -0.192. The van der Waals surface area contributed by atoms with Crippen molar-refractivity contribution in [3.05, 3.63) is 135 Å². The van der Waals surface area contributed by atoms with Gasteiger partial charge in [-0.1, -0.05) is 77.3 Å². The third kappa shape index (κ3) is 6.26. The molecule has 13 nitrogen and oxygen atoms in total. The molecule has 0 bridgehead atoms. The van der Waals surface area contributed by atoms with E-state index < -0.39 is 0 Å². The highest BCUT2D eigenvalue weighted by Gasteiger charge is 2.14. The van der Waals surface area contributed by atoms with Crippen LogP contribution in [0, 0.1) is 0 Å². The van der Waals surface area contributed by atoms with Crippen LogP contribution in [0.5, 0.6) is 0 Å². The number of fused-ring (bicyclic) bond motifs is 3. The number of aromatic amines is 4. The number of para-hydroxylation sites is 2. The molecular formula is C37H25N11O2S4. The zero-order chi connectivity index (χ0) is 36.2. The summed E-state index contributed by atoms with van der Waals surface area (Å²) in [5.74, 6) is 2.01. The number of nitrogens with one attached hydrogen (secondary N) is 4. The number of hydrogen-bond acceptors (Lipinski definition) is 11. The molecule has 4 N–H and O–H groups in total. The molecule has 0 amide bonds. The summed E-state index contributed by atoms with van der Waals surface area (Å²) in [6.45, 7) is 0. The second kappa shape index (κ2) is 13.4. The van der Waals surface area contributed by atoms with Crippen molar-refractivity contribution in [1.82, 2.24) is 54.4 Å². The molecule has 0 saturated carbocycles. The first-order chi connectivity index (χ1) is 26.5. The van der Waals surface area contributed by atoms with Crippen molar-refractivity contribution in [3.8, 4) is 34.3 Å². The number of H-pyrrole nitrogens is 4. The van der Waals surface area contributed by atoms with Gasteiger partial charge in [-0.15, -0.1) is 11.3 Å². The number of hydrogen-bond donors (Lipinski definition) is 4. The van der Waals surface area contributed by atoms with E-state index in [1.165, 1.54) is 20.7 Å². The van der Waals surface area contributed by atoms with Gasteiger partial charge in [0.2, 0.25) is 11.9 Å². The molecule has 17 heteroatoms. The predicted octanol–water partition coefficient (Wildman–Crippen LogP) is 7.78. The molecule has 7 heterocycles. The first kappa shape index (κ1) is 32.6. The Morgan fingerprint density at radius 2 is 1.26 bits per heavy atom. The summed E-state index contributed by atoms with van der Waals surface area (Å²) in [7, 11) is 0. The molecule has 0 fully saturated rings. The molecule has 264 valence electrons. The maximum Gasteiger partial charge on any atom is 0.274 e. The zero-order valence-electron chi connectivity index (χ0n) is 27.8. The SMILES string of the molecule is O=c1cc(CSc2nc(-c3ccc(-c4ccc5nc(-n6[nH]c(CSc7nc8cccnc8s7)cc6=O)[nH]c5c4)cc3)cs2)[nH]n1-c1nc2ccccc2[nH]1. The largest absolute Gasteiger partial charge is 0.322 e. The van der Waals surface area contributed by atoms with Gasteiger partial charge in [-0.3, -0.25) is 19.8 Å². The Kier molecular flexibility index (Phi) is 8.12. The first-order valence-electron chi connectivity index (χ1n) is 16.6. The van der Waals surface area contributed by atoms with E-state index in [9.17, 15) is 9.59 Å². The van der Waals surface area contributed by atoms with Crippen molar-refractivity contribution < 1.29 is 0 Å². The molecule has 7 aromatic heterocycles. The van der Waals surface area contributed by atoms with Gasteiger partial charge in [0.1, 0.15) is 10.3 Å². The standard InChI is InChI=1S/C37H25N11O2S4/c49-31-15-23(45-47(31)34-39-25-4-1-2-5-26(25)40-34)17-51-36-44-30(19-53-36)21-9-7-20(8-10-21)22-11-12-27-29(14-22)42-35(41-27)48-32(50)16-24(46-48)18-52-37-43-28-6-3-13-38-33(28)54-37/h1-16,19,45-46H,17-18H2,(H,39,40)(H,41,42). The number of aromatic nitrogens is 11. The maximum atomic E-state index is 12.9. The van der Waals surface area contributed by atoms with Crippen LogP contribution in [0.4, 0.5) is 0 Å². The molecule has 0 aliphatic heterocycles. The minimum absolute atomic E-state index is 0.174. The number of imidazole rings is 2. The second-order valence-corrected chi connectivity index (χ2v) is 16.5. The van der Waals surface area contributed by atoms with Gasteiger partial charge >= 0.3 is 0 Å². The van der Waals surface area contributed by atoms with Crippen LogP contribution in [0.15, 0.2) is 121 Å². The van der Waals surface area contributed by atoms with Crippen LogP contribution in [0.1, 0.15) is 11.4 Å². The van der Waals surface area contributed by atoms with E-state index in [1.807, 2.05) is 60.0 Å². The third-order valence-corrected chi connectivity index (χ3v) is 12.9. The number of thiazole rings is 2. The van der Waals surface area contributed by atoms with Crippen LogP contribution >= 0.6 is 46.2 Å². The number of benzene rings is 3. The Morgan fingerprint density at radius 3 is 2.00 bits per heavy atom. The monoisotopic (exact) mass is 783 g/mol. The van der Waals surface area contributed by atoms with Crippen LogP contribution in [-0.4, -0.2) is 54.4 Å². The molecule has 10 aromatic rings. The predicted molar refractivity (Wildman–Crippen MR) is 215 cm³/mol. The highest BCUT2D eigenvalue weighted by atomic mass is 32.2. The number of rotatable bonds is 10. The zero-order valence-corrected chi connectivity index (χ0v) is 31.1. The van der Waals surface area contributed by atoms with Crippen molar-refractivity contribution in [2.24, 2.45) is 0 Å². The van der Waals surface area contributed by atoms with Gasteiger partial charge in [0.25, 0.3) is 11.1 Å². The lowest BCUT2D eigenvalue weighted by molar-refractivity contribution is 0.789. The summed E-state index contributed by atoms with van der Waals surface area (Å²) < 4.78 is 4.67. The summed E-state index contributed by atoms with van der Waals surface area (Å²) in [5.41, 5.74) is 9.27. The van der Waals surface area contributed by atoms with Crippen molar-refractivity contribution >= 4 is 78.6 Å². The summed E-state index contributed by atoms with van der Waals surface area (Å²) in [4.78, 5) is 56.0. The molecule has 0 saturated heterocycles. The topological polar surface area (TPSA) is 172 Å². The Balaban J connectivity index is 0.801. The van der Waals surface area contributed by atoms with Gasteiger partial charge in [-0.25, -0.2) is 24.9 Å². The van der Waals surface area contributed by atoms with Crippen molar-refractivity contribution in [2.75, 3.05) is 0 Å². The average Bonchev–Trinajstić information content (AvgIpc) is 4.05. The van der Waals surface area contributed by atoms with Crippen LogP contribution in [0.2, 0.25) is 0 Å². The summed E-state index contributed by atoms with van der Waals surface area (Å²) in [5, 5.41) is 8.40. The maximum absolute atomic E-state index is 12.9. The van der Waals surface area contributed by atoms with Crippen LogP contribution < -0.4 is 11.1 Å². The Bertz CT molecular complexity index is 3020. The smallest absolute Gasteiger partial charge is 0.274 e. The van der Waals surface area contributed by atoms with E-state index >= 15 is 0 Å². The highest BCUT2D eigenvalue weighted by molar-refractivity contribution is 8.00. The van der Waals surface area contributed by atoms with E-state index in [0.29, 0.717) is 23.4 Å². The second-order valence-electron chi connectivity index (χ2n) is 12.2. The van der Waals surface area contributed by atoms with Crippen LogP contribution in [0.25, 0.3) is 66.7 Å². The molecule has 0 spiro atoms. The lowest BCUT2D eigenvalue weighted by atomic mass is 10.0. The van der Waals surface area contributed by atoms with Crippen molar-refractivity contribution in [3.63, 3.8) is 0 Å². The normalized spacial score (nSPS) is 11.8. The number of pyridine rings is 1. The quantitative estimate of drug-likeness (QED) is 0.101. The van der Waals surface area contributed by atoms with Gasteiger partial charge in [0.15, 0.2) is 8.68 Å². The van der Waals surface area contributed by atoms with Crippen LogP contribution in [-0.2, 0) is 11.5 Å². The molecule has 10 rings (SSSR count). The fourth-order valence-electron chi connectivity index (χ4n) is 6.06.